The molecule has 0 aliphatic heterocycles. The second-order valence-corrected chi connectivity index (χ2v) is 6.41. The molecule has 0 unspecified atom stereocenters. The Kier molecular flexibility index (Phi) is 5.90. The number of methoxy groups -OCH3 is 1. The van der Waals surface area contributed by atoms with Crippen LogP contribution in [0, 0.1) is 20.2 Å². The summed E-state index contributed by atoms with van der Waals surface area (Å²) in [5.74, 6) is 0.644. The van der Waals surface area contributed by atoms with Crippen molar-refractivity contribution >= 4 is 33.6 Å². The lowest BCUT2D eigenvalue weighted by Crippen LogP contribution is -1.96. The number of hydrogen-bond donors (Lipinski definition) is 0. The minimum Gasteiger partial charge on any atom is -0.497 e. The van der Waals surface area contributed by atoms with Crippen molar-refractivity contribution in [3.05, 3.63) is 110 Å². The summed E-state index contributed by atoms with van der Waals surface area (Å²) < 4.78 is 5.15. The van der Waals surface area contributed by atoms with E-state index < -0.39 is 9.85 Å². The van der Waals surface area contributed by atoms with Crippen LogP contribution in [0.3, 0.4) is 0 Å². The number of non-ortho nitro benzene ring substituents is 2. The highest BCUT2D eigenvalue weighted by Gasteiger charge is 2.18. The highest BCUT2D eigenvalue weighted by molar-refractivity contribution is 6.53. The van der Waals surface area contributed by atoms with Crippen LogP contribution in [0.1, 0.15) is 16.7 Å². The van der Waals surface area contributed by atoms with Gasteiger partial charge in [0.05, 0.1) is 22.0 Å². The molecule has 0 saturated carbocycles. The summed E-state index contributed by atoms with van der Waals surface area (Å²) in [5, 5.41) is 22.7. The number of hydrogen-bond acceptors (Lipinski definition) is 5. The van der Waals surface area contributed by atoms with Crippen molar-refractivity contribution in [2.45, 2.75) is 0 Å². The van der Waals surface area contributed by atoms with Gasteiger partial charge >= 0.3 is 0 Å². The third kappa shape index (κ3) is 4.41. The molecule has 3 aromatic carbocycles. The SMILES string of the molecule is COc1ccc(C(Cl)=C(c2cccc([N+](=O)[O-])c2)c2cccc([N+](=O)[O-])c2)cc1. The Balaban J connectivity index is 2.26. The molecular weight excluding hydrogens is 396 g/mol. The van der Waals surface area contributed by atoms with Gasteiger partial charge in [-0.1, -0.05) is 35.9 Å². The lowest BCUT2D eigenvalue weighted by atomic mass is 9.94. The van der Waals surface area contributed by atoms with E-state index in [0.29, 0.717) is 33.0 Å². The summed E-state index contributed by atoms with van der Waals surface area (Å²) >= 11 is 6.70. The van der Waals surface area contributed by atoms with Gasteiger partial charge in [-0.2, -0.15) is 0 Å². The average molecular weight is 411 g/mol. The zero-order chi connectivity index (χ0) is 21.0. The molecule has 0 amide bonds. The summed E-state index contributed by atoms with van der Waals surface area (Å²) in [4.78, 5) is 21.4. The van der Waals surface area contributed by atoms with Gasteiger partial charge in [0.15, 0.2) is 0 Å². The molecule has 0 fully saturated rings. The van der Waals surface area contributed by atoms with Gasteiger partial charge in [0, 0.05) is 29.8 Å². The zero-order valence-electron chi connectivity index (χ0n) is 15.2. The minimum absolute atomic E-state index is 0.107. The Hall–Kier alpha value is -3.71. The van der Waals surface area contributed by atoms with Gasteiger partial charge in [-0.15, -0.1) is 0 Å². The van der Waals surface area contributed by atoms with Crippen LogP contribution >= 0.6 is 11.6 Å². The van der Waals surface area contributed by atoms with Crippen LogP contribution in [0.2, 0.25) is 0 Å². The monoisotopic (exact) mass is 410 g/mol. The van der Waals surface area contributed by atoms with E-state index in [4.69, 9.17) is 16.3 Å². The van der Waals surface area contributed by atoms with E-state index in [-0.39, 0.29) is 11.4 Å². The number of nitro benzene ring substituents is 2. The van der Waals surface area contributed by atoms with Crippen molar-refractivity contribution in [2.75, 3.05) is 7.11 Å². The van der Waals surface area contributed by atoms with Gasteiger partial charge in [0.25, 0.3) is 11.4 Å². The molecule has 3 rings (SSSR count). The number of benzene rings is 3. The first-order chi connectivity index (χ1) is 13.9. The van der Waals surface area contributed by atoms with E-state index >= 15 is 0 Å². The Morgan fingerprint density at radius 1 is 0.793 bits per heavy atom. The first kappa shape index (κ1) is 20.0. The summed E-state index contributed by atoms with van der Waals surface area (Å²) in [6, 6.07) is 18.9. The standard InChI is InChI=1S/C21H15ClN2O5/c1-29-19-10-8-14(9-11-19)21(22)20(15-4-2-6-17(12-15)23(25)26)16-5-3-7-18(13-16)24(27)28/h2-13H,1H3. The molecule has 7 nitrogen and oxygen atoms in total. The fourth-order valence-electron chi connectivity index (χ4n) is 2.85. The number of halogens is 1. The molecule has 0 spiro atoms. The summed E-state index contributed by atoms with van der Waals surface area (Å²) in [5.41, 5.74) is 1.82. The number of ether oxygens (including phenoxy) is 1. The molecule has 0 bridgehead atoms. The average Bonchev–Trinajstić information content (AvgIpc) is 2.74. The molecule has 8 heteroatoms. The molecule has 0 aliphatic rings. The van der Waals surface area contributed by atoms with Gasteiger partial charge in [-0.25, -0.2) is 0 Å². The maximum absolute atomic E-state index is 11.2. The maximum atomic E-state index is 11.2. The zero-order valence-corrected chi connectivity index (χ0v) is 16.0. The molecular formula is C21H15ClN2O5. The fraction of sp³-hybridized carbons (Fsp3) is 0.0476. The molecule has 0 atom stereocenters. The van der Waals surface area contributed by atoms with Gasteiger partial charge in [0.2, 0.25) is 0 Å². The van der Waals surface area contributed by atoms with Crippen LogP contribution in [0.15, 0.2) is 72.8 Å². The quantitative estimate of drug-likeness (QED) is 0.296. The van der Waals surface area contributed by atoms with Gasteiger partial charge in [-0.05, 0) is 41.0 Å². The van der Waals surface area contributed by atoms with E-state index in [1.807, 2.05) is 0 Å². The van der Waals surface area contributed by atoms with Crippen LogP contribution in [0.4, 0.5) is 11.4 Å². The highest BCUT2D eigenvalue weighted by atomic mass is 35.5. The van der Waals surface area contributed by atoms with Gasteiger partial charge in [-0.3, -0.25) is 20.2 Å². The smallest absolute Gasteiger partial charge is 0.270 e. The van der Waals surface area contributed by atoms with Crippen molar-refractivity contribution in [3.8, 4) is 5.75 Å². The third-order valence-electron chi connectivity index (χ3n) is 4.25. The topological polar surface area (TPSA) is 95.5 Å². The Morgan fingerprint density at radius 2 is 1.28 bits per heavy atom. The predicted octanol–water partition coefficient (Wildman–Crippen LogP) is 5.67. The first-order valence-electron chi connectivity index (χ1n) is 8.44. The number of rotatable bonds is 6. The molecule has 29 heavy (non-hydrogen) atoms. The molecule has 0 radical (unpaired) electrons. The molecule has 0 saturated heterocycles. The molecule has 0 N–H and O–H groups in total. The molecule has 3 aromatic rings. The van der Waals surface area contributed by atoms with Crippen molar-refractivity contribution < 1.29 is 14.6 Å². The maximum Gasteiger partial charge on any atom is 0.270 e. The summed E-state index contributed by atoms with van der Waals surface area (Å²) in [6.45, 7) is 0. The Bertz CT molecular complexity index is 1050. The molecule has 0 aliphatic carbocycles. The van der Waals surface area contributed by atoms with Crippen molar-refractivity contribution in [2.24, 2.45) is 0 Å². The summed E-state index contributed by atoms with van der Waals surface area (Å²) in [6.07, 6.45) is 0. The second-order valence-electron chi connectivity index (χ2n) is 6.03. The van der Waals surface area contributed by atoms with Crippen molar-refractivity contribution in [3.63, 3.8) is 0 Å². The second kappa shape index (κ2) is 8.53. The van der Waals surface area contributed by atoms with E-state index in [1.54, 1.807) is 55.6 Å². The third-order valence-corrected chi connectivity index (χ3v) is 4.66. The highest BCUT2D eigenvalue weighted by Crippen LogP contribution is 2.37. The summed E-state index contributed by atoms with van der Waals surface area (Å²) in [7, 11) is 1.55. The first-order valence-corrected chi connectivity index (χ1v) is 8.82. The van der Waals surface area contributed by atoms with Gasteiger partial charge in [0.1, 0.15) is 5.75 Å². The van der Waals surface area contributed by atoms with E-state index in [2.05, 4.69) is 0 Å². The van der Waals surface area contributed by atoms with E-state index in [9.17, 15) is 20.2 Å². The molecule has 0 heterocycles. The largest absolute Gasteiger partial charge is 0.497 e. The van der Waals surface area contributed by atoms with Crippen LogP contribution < -0.4 is 4.74 Å². The van der Waals surface area contributed by atoms with E-state index in [1.165, 1.54) is 24.3 Å². The van der Waals surface area contributed by atoms with E-state index in [0.717, 1.165) is 0 Å². The van der Waals surface area contributed by atoms with Crippen LogP contribution in [-0.2, 0) is 0 Å². The Morgan fingerprint density at radius 3 is 1.69 bits per heavy atom. The number of nitro groups is 2. The predicted molar refractivity (Wildman–Crippen MR) is 111 cm³/mol. The van der Waals surface area contributed by atoms with Crippen LogP contribution in [0.5, 0.6) is 5.75 Å². The fourth-order valence-corrected chi connectivity index (χ4v) is 3.20. The minimum atomic E-state index is -0.504. The molecule has 0 aromatic heterocycles. The van der Waals surface area contributed by atoms with Crippen LogP contribution in [0.25, 0.3) is 10.6 Å². The van der Waals surface area contributed by atoms with Crippen LogP contribution in [-0.4, -0.2) is 17.0 Å². The van der Waals surface area contributed by atoms with Crippen molar-refractivity contribution in [1.29, 1.82) is 0 Å². The lowest BCUT2D eigenvalue weighted by Gasteiger charge is -2.13. The normalized spacial score (nSPS) is 10.3. The molecule has 146 valence electrons. The lowest BCUT2D eigenvalue weighted by molar-refractivity contribution is -0.385. The van der Waals surface area contributed by atoms with Crippen molar-refractivity contribution in [1.82, 2.24) is 0 Å². The Labute approximate surface area is 171 Å². The van der Waals surface area contributed by atoms with Gasteiger partial charge < -0.3 is 4.74 Å². The number of nitrogens with zero attached hydrogens (tertiary/aromatic N) is 2.